The van der Waals surface area contributed by atoms with Gasteiger partial charge < -0.3 is 24.8 Å². The molecule has 8 heteroatoms. The van der Waals surface area contributed by atoms with Gasteiger partial charge in [0.25, 0.3) is 5.91 Å². The van der Waals surface area contributed by atoms with Crippen LogP contribution in [0.3, 0.4) is 0 Å². The predicted molar refractivity (Wildman–Crippen MR) is 145 cm³/mol. The zero-order chi connectivity index (χ0) is 27.2. The predicted octanol–water partition coefficient (Wildman–Crippen LogP) is 4.43. The Morgan fingerprint density at radius 1 is 0.923 bits per heavy atom. The maximum atomic E-state index is 13.4. The van der Waals surface area contributed by atoms with Crippen LogP contribution < -0.4 is 5.32 Å². The van der Waals surface area contributed by atoms with Gasteiger partial charge in [-0.3, -0.25) is 9.59 Å². The minimum Gasteiger partial charge on any atom is -0.481 e. The second kappa shape index (κ2) is 12.1. The van der Waals surface area contributed by atoms with E-state index in [1.54, 1.807) is 0 Å². The van der Waals surface area contributed by atoms with E-state index in [9.17, 15) is 19.5 Å². The molecule has 3 aromatic carbocycles. The minimum absolute atomic E-state index is 0.0342. The Labute approximate surface area is 227 Å². The van der Waals surface area contributed by atoms with E-state index in [1.165, 1.54) is 4.90 Å². The molecule has 0 bridgehead atoms. The highest BCUT2D eigenvalue weighted by molar-refractivity contribution is 5.82. The Morgan fingerprint density at radius 3 is 2.23 bits per heavy atom. The number of alkyl carbamates (subject to hydrolysis) is 1. The number of rotatable bonds is 10. The molecule has 0 spiro atoms. The zero-order valence-corrected chi connectivity index (χ0v) is 21.6. The lowest BCUT2D eigenvalue weighted by Gasteiger charge is -2.27. The summed E-state index contributed by atoms with van der Waals surface area (Å²) in [4.78, 5) is 38.8. The van der Waals surface area contributed by atoms with E-state index < -0.39 is 18.2 Å². The van der Waals surface area contributed by atoms with Crippen LogP contribution in [0.4, 0.5) is 4.79 Å². The van der Waals surface area contributed by atoms with Crippen molar-refractivity contribution in [1.29, 1.82) is 0 Å². The van der Waals surface area contributed by atoms with Gasteiger partial charge >= 0.3 is 12.1 Å². The van der Waals surface area contributed by atoms with Gasteiger partial charge in [0.1, 0.15) is 12.7 Å². The third kappa shape index (κ3) is 6.12. The van der Waals surface area contributed by atoms with Crippen molar-refractivity contribution in [3.8, 4) is 11.1 Å². The molecule has 1 fully saturated rings. The Balaban J connectivity index is 1.18. The van der Waals surface area contributed by atoms with Gasteiger partial charge in [0.15, 0.2) is 0 Å². The molecule has 8 nitrogen and oxygen atoms in total. The topological polar surface area (TPSA) is 105 Å². The summed E-state index contributed by atoms with van der Waals surface area (Å²) in [6.45, 7) is 1.20. The zero-order valence-electron chi connectivity index (χ0n) is 21.6. The highest BCUT2D eigenvalue weighted by Crippen LogP contribution is 2.44. The van der Waals surface area contributed by atoms with E-state index in [0.717, 1.165) is 27.8 Å². The molecule has 0 radical (unpaired) electrons. The second-order valence-electron chi connectivity index (χ2n) is 9.94. The fourth-order valence-electron chi connectivity index (χ4n) is 5.46. The number of hydrogen-bond donors (Lipinski definition) is 2. The van der Waals surface area contributed by atoms with Crippen LogP contribution in [0.15, 0.2) is 78.9 Å². The number of fused-ring (bicyclic) bond motifs is 3. The molecule has 0 aromatic heterocycles. The van der Waals surface area contributed by atoms with E-state index in [4.69, 9.17) is 9.47 Å². The molecule has 2 N–H and O–H groups in total. The van der Waals surface area contributed by atoms with Crippen LogP contribution in [-0.4, -0.2) is 60.4 Å². The van der Waals surface area contributed by atoms with Gasteiger partial charge in [0, 0.05) is 38.1 Å². The van der Waals surface area contributed by atoms with Crippen LogP contribution in [0.25, 0.3) is 11.1 Å². The van der Waals surface area contributed by atoms with Gasteiger partial charge in [-0.2, -0.15) is 0 Å². The number of benzene rings is 3. The largest absolute Gasteiger partial charge is 0.481 e. The second-order valence-corrected chi connectivity index (χ2v) is 9.94. The van der Waals surface area contributed by atoms with Crippen molar-refractivity contribution >= 4 is 18.0 Å². The molecular formula is C31H32N2O6. The van der Waals surface area contributed by atoms with E-state index in [1.807, 2.05) is 54.6 Å². The van der Waals surface area contributed by atoms with E-state index in [2.05, 4.69) is 29.6 Å². The number of carbonyl (C=O) groups excluding carboxylic acids is 2. The number of carboxylic acids is 1. The summed E-state index contributed by atoms with van der Waals surface area (Å²) in [5.74, 6) is -1.51. The molecule has 1 aliphatic heterocycles. The number of carbonyl (C=O) groups is 3. The number of nitrogens with one attached hydrogen (secondary N) is 1. The lowest BCUT2D eigenvalue weighted by atomic mass is 9.98. The van der Waals surface area contributed by atoms with E-state index in [-0.39, 0.29) is 43.9 Å². The van der Waals surface area contributed by atoms with E-state index >= 15 is 0 Å². The molecule has 3 aromatic rings. The van der Waals surface area contributed by atoms with Crippen LogP contribution in [-0.2, 0) is 25.6 Å². The van der Waals surface area contributed by atoms with Gasteiger partial charge in [-0.05, 0) is 34.2 Å². The van der Waals surface area contributed by atoms with Gasteiger partial charge in [0.05, 0.1) is 6.42 Å². The Morgan fingerprint density at radius 2 is 1.56 bits per heavy atom. The molecule has 1 aliphatic carbocycles. The van der Waals surface area contributed by atoms with Crippen molar-refractivity contribution in [2.75, 3.05) is 26.3 Å². The normalized spacial score (nSPS) is 17.7. The summed E-state index contributed by atoms with van der Waals surface area (Å²) in [6.07, 6.45) is -0.843. The molecular weight excluding hydrogens is 496 g/mol. The summed E-state index contributed by atoms with van der Waals surface area (Å²) < 4.78 is 11.4. The Kier molecular flexibility index (Phi) is 8.22. The third-order valence-corrected chi connectivity index (χ3v) is 7.43. The van der Waals surface area contributed by atoms with Crippen LogP contribution in [0.2, 0.25) is 0 Å². The molecule has 0 saturated carbocycles. The summed E-state index contributed by atoms with van der Waals surface area (Å²) in [6, 6.07) is 25.7. The third-order valence-electron chi connectivity index (χ3n) is 7.43. The summed E-state index contributed by atoms with van der Waals surface area (Å²) in [7, 11) is 0. The van der Waals surface area contributed by atoms with Crippen LogP contribution in [0.1, 0.15) is 35.4 Å². The van der Waals surface area contributed by atoms with Gasteiger partial charge in [0.2, 0.25) is 0 Å². The molecule has 2 aliphatic rings. The summed E-state index contributed by atoms with van der Waals surface area (Å²) >= 11 is 0. The molecule has 2 amide bonds. The average molecular weight is 529 g/mol. The van der Waals surface area contributed by atoms with Crippen molar-refractivity contribution in [1.82, 2.24) is 10.2 Å². The lowest BCUT2D eigenvalue weighted by molar-refractivity contribution is -0.145. The van der Waals surface area contributed by atoms with Crippen molar-refractivity contribution in [2.45, 2.75) is 31.4 Å². The van der Waals surface area contributed by atoms with Crippen LogP contribution in [0.5, 0.6) is 0 Å². The lowest BCUT2D eigenvalue weighted by Crippen LogP contribution is -2.45. The fourth-order valence-corrected chi connectivity index (χ4v) is 5.46. The Bertz CT molecular complexity index is 1280. The van der Waals surface area contributed by atoms with Crippen LogP contribution >= 0.6 is 0 Å². The molecule has 2 atom stereocenters. The standard InChI is InChI=1S/C31H32N2O6/c34-28(35)14-16-33(19-21-8-2-1-3-9-21)30(36)29-22(15-17-38-29)18-32-31(37)39-20-27-25-12-6-4-10-23(25)24-11-5-7-13-26(24)27/h1-13,22,27,29H,14-20H2,(H,32,37)(H,34,35). The van der Waals surface area contributed by atoms with Crippen molar-refractivity contribution in [2.24, 2.45) is 5.92 Å². The molecule has 5 rings (SSSR count). The highest BCUT2D eigenvalue weighted by atomic mass is 16.5. The van der Waals surface area contributed by atoms with Crippen LogP contribution in [0, 0.1) is 5.92 Å². The minimum atomic E-state index is -0.971. The number of nitrogens with zero attached hydrogens (tertiary/aromatic N) is 1. The molecule has 1 saturated heterocycles. The first kappa shape index (κ1) is 26.4. The number of amides is 2. The Hall–Kier alpha value is -4.17. The molecule has 1 heterocycles. The van der Waals surface area contributed by atoms with Gasteiger partial charge in [-0.15, -0.1) is 0 Å². The summed E-state index contributed by atoms with van der Waals surface area (Å²) in [5, 5.41) is 12.0. The number of aliphatic carboxylic acids is 1. The van der Waals surface area contributed by atoms with E-state index in [0.29, 0.717) is 19.6 Å². The molecule has 202 valence electrons. The van der Waals surface area contributed by atoms with Crippen molar-refractivity contribution < 1.29 is 29.0 Å². The first-order chi connectivity index (χ1) is 19.0. The smallest absolute Gasteiger partial charge is 0.407 e. The highest BCUT2D eigenvalue weighted by Gasteiger charge is 2.37. The van der Waals surface area contributed by atoms with Crippen molar-refractivity contribution in [3.05, 3.63) is 95.6 Å². The quantitative estimate of drug-likeness (QED) is 0.403. The molecule has 39 heavy (non-hydrogen) atoms. The maximum Gasteiger partial charge on any atom is 0.407 e. The SMILES string of the molecule is O=C(O)CCN(Cc1ccccc1)C(=O)C1OCCC1CNC(=O)OCC1c2ccccc2-c2ccccc21. The average Bonchev–Trinajstić information content (AvgIpc) is 3.56. The van der Waals surface area contributed by atoms with Crippen molar-refractivity contribution in [3.63, 3.8) is 0 Å². The summed E-state index contributed by atoms with van der Waals surface area (Å²) in [5.41, 5.74) is 5.51. The number of hydrogen-bond acceptors (Lipinski definition) is 5. The monoisotopic (exact) mass is 528 g/mol. The first-order valence-corrected chi connectivity index (χ1v) is 13.3. The maximum absolute atomic E-state index is 13.4. The molecule has 2 unspecified atom stereocenters. The number of carboxylic acid groups (broad SMARTS) is 1. The first-order valence-electron chi connectivity index (χ1n) is 13.3. The number of ether oxygens (including phenoxy) is 2. The van der Waals surface area contributed by atoms with Gasteiger partial charge in [-0.25, -0.2) is 4.79 Å². The fraction of sp³-hybridized carbons (Fsp3) is 0.323. The van der Waals surface area contributed by atoms with Gasteiger partial charge in [-0.1, -0.05) is 78.9 Å².